The van der Waals surface area contributed by atoms with Crippen LogP contribution < -0.4 is 10.0 Å². The smallest absolute Gasteiger partial charge is 0.251 e. The van der Waals surface area contributed by atoms with E-state index in [9.17, 15) is 26.0 Å². The first-order valence-corrected chi connectivity index (χ1v) is 13.7. The Morgan fingerprint density at radius 2 is 1.63 bits per heavy atom. The van der Waals surface area contributed by atoms with Gasteiger partial charge in [0.25, 0.3) is 5.91 Å². The number of nitrogens with one attached hydrogen (secondary N) is 2. The number of nitrogens with zero attached hydrogens (tertiary/aromatic N) is 1. The van der Waals surface area contributed by atoms with Gasteiger partial charge in [-0.15, -0.1) is 0 Å². The fraction of sp³-hybridized carbons (Fsp3) is 0.167. The molecule has 1 atom stereocenters. The van der Waals surface area contributed by atoms with Crippen LogP contribution in [0.4, 0.5) is 15.8 Å². The van der Waals surface area contributed by atoms with E-state index in [0.717, 1.165) is 30.5 Å². The fourth-order valence-corrected chi connectivity index (χ4v) is 6.23. The van der Waals surface area contributed by atoms with E-state index in [-0.39, 0.29) is 16.1 Å². The second kappa shape index (κ2) is 9.95. The van der Waals surface area contributed by atoms with E-state index in [0.29, 0.717) is 11.3 Å². The highest BCUT2D eigenvalue weighted by Gasteiger charge is 2.47. The minimum Gasteiger partial charge on any atom is -0.324 e. The average Bonchev–Trinajstić information content (AvgIpc) is 2.78. The normalized spacial score (nSPS) is 13.4. The van der Waals surface area contributed by atoms with Crippen molar-refractivity contribution in [2.75, 3.05) is 17.3 Å². The zero-order valence-corrected chi connectivity index (χ0v) is 20.5. The minimum atomic E-state index is -4.31. The van der Waals surface area contributed by atoms with Crippen molar-refractivity contribution in [1.29, 1.82) is 0 Å². The Hall–Kier alpha value is -3.59. The molecule has 0 spiro atoms. The summed E-state index contributed by atoms with van der Waals surface area (Å²) in [5.74, 6) is -2.58. The number of sulfonamides is 1. The maximum atomic E-state index is 13.7. The summed E-state index contributed by atoms with van der Waals surface area (Å²) in [6.45, 7) is 8.84. The third kappa shape index (κ3) is 6.10. The van der Waals surface area contributed by atoms with Gasteiger partial charge in [-0.25, -0.2) is 26.1 Å². The number of carbonyl (C=O) groups excluding carboxylic acids is 1. The number of hydrogen-bond donors (Lipinski definition) is 2. The van der Waals surface area contributed by atoms with Gasteiger partial charge in [-0.05, 0) is 54.4 Å². The van der Waals surface area contributed by atoms with Gasteiger partial charge in [-0.1, -0.05) is 36.4 Å². The second-order valence-corrected chi connectivity index (χ2v) is 11.7. The van der Waals surface area contributed by atoms with Crippen molar-refractivity contribution in [3.05, 3.63) is 101 Å². The molecule has 35 heavy (non-hydrogen) atoms. The zero-order valence-electron chi connectivity index (χ0n) is 18.8. The quantitative estimate of drug-likeness (QED) is 0.352. The number of hydrogen-bond acceptors (Lipinski definition) is 5. The van der Waals surface area contributed by atoms with Crippen molar-refractivity contribution in [3.8, 4) is 0 Å². The van der Waals surface area contributed by atoms with Gasteiger partial charge in [0.1, 0.15) is 5.82 Å². The molecular weight excluding hydrogens is 493 g/mol. The highest BCUT2D eigenvalue weighted by atomic mass is 32.2. The molecule has 11 heteroatoms. The summed E-state index contributed by atoms with van der Waals surface area (Å²) in [6.07, 6.45) is 0.817. The number of halogens is 1. The Balaban J connectivity index is 2.18. The Kier molecular flexibility index (Phi) is 7.40. The predicted molar refractivity (Wildman–Crippen MR) is 131 cm³/mol. The standard InChI is InChI=1S/C24H22FN3O5S2/c1-17-15-20(11-14-22(17)26-2)27-23(29)24(28-34(3,30)31,18-7-5-4-6-8-18)16-35(32,33)21-12-9-19(25)10-13-21/h4-15,28H,16H2,1,3H3,(H,27,29)/t24-/m1/s1. The van der Waals surface area contributed by atoms with Gasteiger partial charge in [0.05, 0.1) is 23.5 Å². The van der Waals surface area contributed by atoms with Crippen molar-refractivity contribution in [3.63, 3.8) is 0 Å². The lowest BCUT2D eigenvalue weighted by molar-refractivity contribution is -0.121. The lowest BCUT2D eigenvalue weighted by Gasteiger charge is -2.33. The summed E-state index contributed by atoms with van der Waals surface area (Å²) in [6, 6.07) is 16.1. The van der Waals surface area contributed by atoms with Crippen molar-refractivity contribution >= 4 is 37.1 Å². The lowest BCUT2D eigenvalue weighted by atomic mass is 9.91. The SMILES string of the molecule is [C-]#[N+]c1ccc(NC(=O)[C@](CS(=O)(=O)c2ccc(F)cc2)(NS(C)(=O)=O)c2ccccc2)cc1C. The van der Waals surface area contributed by atoms with Gasteiger partial charge in [0.15, 0.2) is 21.1 Å². The van der Waals surface area contributed by atoms with Gasteiger partial charge in [-0.2, -0.15) is 4.72 Å². The molecule has 0 bridgehead atoms. The number of rotatable bonds is 8. The molecule has 0 heterocycles. The highest BCUT2D eigenvalue weighted by Crippen LogP contribution is 2.30. The van der Waals surface area contributed by atoms with Crippen molar-refractivity contribution in [2.24, 2.45) is 0 Å². The third-order valence-electron chi connectivity index (χ3n) is 5.17. The molecule has 0 aromatic heterocycles. The van der Waals surface area contributed by atoms with E-state index in [1.54, 1.807) is 25.1 Å². The number of anilines is 1. The number of aryl methyl sites for hydroxylation is 1. The van der Waals surface area contributed by atoms with Gasteiger partial charge < -0.3 is 5.32 Å². The fourth-order valence-electron chi connectivity index (χ4n) is 3.56. The second-order valence-electron chi connectivity index (χ2n) is 7.93. The molecule has 8 nitrogen and oxygen atoms in total. The van der Waals surface area contributed by atoms with Crippen LogP contribution in [0.5, 0.6) is 0 Å². The molecule has 0 fully saturated rings. The van der Waals surface area contributed by atoms with Crippen LogP contribution in [0.15, 0.2) is 77.7 Å². The summed E-state index contributed by atoms with van der Waals surface area (Å²) in [7, 11) is -8.43. The third-order valence-corrected chi connectivity index (χ3v) is 7.69. The molecule has 0 aliphatic heterocycles. The largest absolute Gasteiger partial charge is 0.324 e. The molecule has 182 valence electrons. The molecule has 3 aromatic rings. The average molecular weight is 516 g/mol. The minimum absolute atomic E-state index is 0.0862. The number of sulfone groups is 1. The number of carbonyl (C=O) groups is 1. The van der Waals surface area contributed by atoms with E-state index in [4.69, 9.17) is 6.57 Å². The molecule has 0 unspecified atom stereocenters. The van der Waals surface area contributed by atoms with E-state index >= 15 is 0 Å². The molecule has 3 aromatic carbocycles. The van der Waals surface area contributed by atoms with E-state index in [2.05, 4.69) is 14.9 Å². The van der Waals surface area contributed by atoms with Crippen molar-refractivity contribution < 1.29 is 26.0 Å². The Morgan fingerprint density at radius 1 is 1.00 bits per heavy atom. The highest BCUT2D eigenvalue weighted by molar-refractivity contribution is 7.91. The number of benzene rings is 3. The van der Waals surface area contributed by atoms with Gasteiger partial charge in [0, 0.05) is 5.69 Å². The summed E-state index contributed by atoms with van der Waals surface area (Å²) in [5.41, 5.74) is -1.00. The van der Waals surface area contributed by atoms with Crippen molar-refractivity contribution in [1.82, 2.24) is 4.72 Å². The van der Waals surface area contributed by atoms with Crippen LogP contribution in [0, 0.1) is 19.3 Å². The van der Waals surface area contributed by atoms with Crippen LogP contribution in [-0.2, 0) is 30.2 Å². The van der Waals surface area contributed by atoms with E-state index < -0.39 is 42.9 Å². The van der Waals surface area contributed by atoms with Crippen LogP contribution in [0.25, 0.3) is 4.85 Å². The number of amides is 1. The molecular formula is C24H22FN3O5S2. The molecule has 0 aliphatic rings. The lowest BCUT2D eigenvalue weighted by Crippen LogP contribution is -2.57. The molecule has 0 aliphatic carbocycles. The first kappa shape index (κ1) is 26.0. The van der Waals surface area contributed by atoms with E-state index in [1.165, 1.54) is 30.3 Å². The van der Waals surface area contributed by atoms with Crippen LogP contribution >= 0.6 is 0 Å². The van der Waals surface area contributed by atoms with Crippen LogP contribution in [0.2, 0.25) is 0 Å². The van der Waals surface area contributed by atoms with Crippen LogP contribution in [0.1, 0.15) is 11.1 Å². The monoisotopic (exact) mass is 515 g/mol. The summed E-state index contributed by atoms with van der Waals surface area (Å²) >= 11 is 0. The van der Waals surface area contributed by atoms with Gasteiger partial charge in [0.2, 0.25) is 10.0 Å². The van der Waals surface area contributed by atoms with Crippen LogP contribution in [0.3, 0.4) is 0 Å². The van der Waals surface area contributed by atoms with Gasteiger partial charge >= 0.3 is 0 Å². The first-order chi connectivity index (χ1) is 16.4. The van der Waals surface area contributed by atoms with Crippen molar-refractivity contribution in [2.45, 2.75) is 17.4 Å². The summed E-state index contributed by atoms with van der Waals surface area (Å²) in [5, 5.41) is 2.59. The van der Waals surface area contributed by atoms with Crippen LogP contribution in [-0.4, -0.2) is 34.8 Å². The predicted octanol–water partition coefficient (Wildman–Crippen LogP) is 3.54. The zero-order chi connectivity index (χ0) is 25.9. The Bertz CT molecular complexity index is 1500. The molecule has 0 radical (unpaired) electrons. The Labute approximate surface area is 203 Å². The molecule has 1 amide bonds. The first-order valence-electron chi connectivity index (χ1n) is 10.2. The Morgan fingerprint density at radius 3 is 2.17 bits per heavy atom. The molecule has 0 saturated heterocycles. The summed E-state index contributed by atoms with van der Waals surface area (Å²) in [4.78, 5) is 16.8. The molecule has 2 N–H and O–H groups in total. The van der Waals surface area contributed by atoms with Gasteiger partial charge in [-0.3, -0.25) is 4.79 Å². The topological polar surface area (TPSA) is 114 Å². The summed E-state index contributed by atoms with van der Waals surface area (Å²) < 4.78 is 67.1. The molecule has 3 rings (SSSR count). The van der Waals surface area contributed by atoms with E-state index in [1.807, 2.05) is 0 Å². The maximum Gasteiger partial charge on any atom is 0.251 e. The molecule has 0 saturated carbocycles. The maximum absolute atomic E-state index is 13.7.